The van der Waals surface area contributed by atoms with Gasteiger partial charge in [0.25, 0.3) is 0 Å². The summed E-state index contributed by atoms with van der Waals surface area (Å²) in [5.74, 6) is 0.214. The number of carbonyl (C=O) groups excluding carboxylic acids is 2. The van der Waals surface area contributed by atoms with Gasteiger partial charge in [-0.25, -0.2) is 4.79 Å². The summed E-state index contributed by atoms with van der Waals surface area (Å²) in [4.78, 5) is 24.7. The van der Waals surface area contributed by atoms with E-state index in [0.717, 1.165) is 31.2 Å². The Bertz CT molecular complexity index is 521. The highest BCUT2D eigenvalue weighted by molar-refractivity contribution is 7.17. The van der Waals surface area contributed by atoms with E-state index in [1.807, 2.05) is 0 Å². The maximum absolute atomic E-state index is 12.2. The van der Waals surface area contributed by atoms with E-state index in [0.29, 0.717) is 23.1 Å². The number of amides is 1. The van der Waals surface area contributed by atoms with Gasteiger partial charge >= 0.3 is 5.97 Å². The van der Waals surface area contributed by atoms with E-state index in [9.17, 15) is 9.59 Å². The van der Waals surface area contributed by atoms with Gasteiger partial charge < -0.3 is 10.1 Å². The molecule has 0 aliphatic heterocycles. The number of esters is 1. The van der Waals surface area contributed by atoms with Crippen LogP contribution in [-0.2, 0) is 22.4 Å². The summed E-state index contributed by atoms with van der Waals surface area (Å²) in [6.07, 6.45) is 4.16. The molecular weight excluding hydrogens is 274 g/mol. The van der Waals surface area contributed by atoms with Crippen LogP contribution in [0.3, 0.4) is 0 Å². The molecule has 4 nitrogen and oxygen atoms in total. The number of thiophene rings is 1. The predicted molar refractivity (Wildman–Crippen MR) is 80.4 cm³/mol. The highest BCUT2D eigenvalue weighted by Crippen LogP contribution is 2.40. The maximum Gasteiger partial charge on any atom is 0.341 e. The first-order chi connectivity index (χ1) is 9.56. The highest BCUT2D eigenvalue weighted by atomic mass is 32.1. The molecule has 0 bridgehead atoms. The lowest BCUT2D eigenvalue weighted by atomic mass is 9.85. The minimum Gasteiger partial charge on any atom is -0.462 e. The molecule has 1 aromatic rings. The van der Waals surface area contributed by atoms with Crippen molar-refractivity contribution in [1.29, 1.82) is 0 Å². The van der Waals surface area contributed by atoms with Gasteiger partial charge in [0.15, 0.2) is 0 Å². The number of ether oxygens (including phenoxy) is 1. The first kappa shape index (κ1) is 15.0. The quantitative estimate of drug-likeness (QED) is 0.866. The monoisotopic (exact) mass is 295 g/mol. The number of fused-ring (bicyclic) bond motifs is 1. The van der Waals surface area contributed by atoms with Crippen LogP contribution in [0.2, 0.25) is 0 Å². The van der Waals surface area contributed by atoms with Crippen LogP contribution >= 0.6 is 11.3 Å². The van der Waals surface area contributed by atoms with Crippen LogP contribution < -0.4 is 5.32 Å². The topological polar surface area (TPSA) is 55.4 Å². The third-order valence-electron chi connectivity index (χ3n) is 3.71. The van der Waals surface area contributed by atoms with Crippen LogP contribution in [0.4, 0.5) is 5.00 Å². The Balaban J connectivity index is 2.38. The van der Waals surface area contributed by atoms with Gasteiger partial charge in [0, 0.05) is 11.8 Å². The van der Waals surface area contributed by atoms with Crippen molar-refractivity contribution in [3.63, 3.8) is 0 Å². The average molecular weight is 295 g/mol. The van der Waals surface area contributed by atoms with Crippen LogP contribution in [0.1, 0.15) is 54.4 Å². The van der Waals surface area contributed by atoms with Gasteiger partial charge in [-0.3, -0.25) is 4.79 Å². The fraction of sp³-hybridized carbons (Fsp3) is 0.600. The molecule has 20 heavy (non-hydrogen) atoms. The molecule has 5 heteroatoms. The van der Waals surface area contributed by atoms with E-state index in [1.54, 1.807) is 6.92 Å². The zero-order chi connectivity index (χ0) is 14.7. The molecule has 1 atom stereocenters. The average Bonchev–Trinajstić information content (AvgIpc) is 2.74. The van der Waals surface area contributed by atoms with Gasteiger partial charge in [-0.2, -0.15) is 0 Å². The van der Waals surface area contributed by atoms with Crippen LogP contribution in [0, 0.1) is 5.92 Å². The Morgan fingerprint density at radius 2 is 2.15 bits per heavy atom. The minimum atomic E-state index is -0.316. The lowest BCUT2D eigenvalue weighted by Gasteiger charge is -2.20. The van der Waals surface area contributed by atoms with Gasteiger partial charge in [-0.15, -0.1) is 11.3 Å². The van der Waals surface area contributed by atoms with Crippen molar-refractivity contribution in [1.82, 2.24) is 0 Å². The summed E-state index contributed by atoms with van der Waals surface area (Å²) < 4.78 is 5.14. The molecule has 0 unspecified atom stereocenters. The smallest absolute Gasteiger partial charge is 0.341 e. The molecule has 110 valence electrons. The van der Waals surface area contributed by atoms with E-state index in [1.165, 1.54) is 23.1 Å². The van der Waals surface area contributed by atoms with Crippen molar-refractivity contribution in [2.24, 2.45) is 5.92 Å². The number of carbonyl (C=O) groups is 2. The molecule has 2 rings (SSSR count). The zero-order valence-corrected chi connectivity index (χ0v) is 13.1. The van der Waals surface area contributed by atoms with E-state index < -0.39 is 0 Å². The summed E-state index contributed by atoms with van der Waals surface area (Å²) in [7, 11) is 0. The molecule has 0 radical (unpaired) electrons. The van der Waals surface area contributed by atoms with Crippen LogP contribution in [0.15, 0.2) is 0 Å². The summed E-state index contributed by atoms with van der Waals surface area (Å²) in [6, 6.07) is 0. The molecular formula is C15H21NO3S. The van der Waals surface area contributed by atoms with Crippen molar-refractivity contribution >= 4 is 28.2 Å². The van der Waals surface area contributed by atoms with E-state index in [2.05, 4.69) is 12.2 Å². The highest BCUT2D eigenvalue weighted by Gasteiger charge is 2.29. The molecule has 1 heterocycles. The molecule has 0 saturated carbocycles. The summed E-state index contributed by atoms with van der Waals surface area (Å²) in [5, 5.41) is 3.43. The van der Waals surface area contributed by atoms with E-state index >= 15 is 0 Å². The molecule has 1 N–H and O–H groups in total. The number of hydrogen-bond donors (Lipinski definition) is 1. The first-order valence-electron chi connectivity index (χ1n) is 7.16. The van der Waals surface area contributed by atoms with Gasteiger partial charge in [0.1, 0.15) is 5.00 Å². The van der Waals surface area contributed by atoms with Crippen molar-refractivity contribution in [2.45, 2.75) is 46.5 Å². The van der Waals surface area contributed by atoms with E-state index in [-0.39, 0.29) is 11.9 Å². The van der Waals surface area contributed by atoms with Crippen molar-refractivity contribution in [3.8, 4) is 0 Å². The molecule has 0 saturated heterocycles. The zero-order valence-electron chi connectivity index (χ0n) is 12.2. The second-order valence-electron chi connectivity index (χ2n) is 5.13. The summed E-state index contributed by atoms with van der Waals surface area (Å²) in [6.45, 7) is 5.80. The second-order valence-corrected chi connectivity index (χ2v) is 6.23. The van der Waals surface area contributed by atoms with Crippen LogP contribution in [0.5, 0.6) is 0 Å². The standard InChI is InChI=1S/C15H21NO3S/c1-4-10-6-7-11-12(8-10)20-14(16-9(3)17)13(11)15(18)19-5-2/h10H,4-8H2,1-3H3,(H,16,17)/t10-/m1/s1. The lowest BCUT2D eigenvalue weighted by molar-refractivity contribution is -0.114. The fourth-order valence-electron chi connectivity index (χ4n) is 2.67. The largest absolute Gasteiger partial charge is 0.462 e. The second kappa shape index (κ2) is 6.39. The number of hydrogen-bond acceptors (Lipinski definition) is 4. The maximum atomic E-state index is 12.2. The van der Waals surface area contributed by atoms with Crippen molar-refractivity contribution < 1.29 is 14.3 Å². The number of nitrogens with one attached hydrogen (secondary N) is 1. The molecule has 1 amide bonds. The Morgan fingerprint density at radius 1 is 1.40 bits per heavy atom. The molecule has 0 aromatic carbocycles. The van der Waals surface area contributed by atoms with Gasteiger partial charge in [0.05, 0.1) is 12.2 Å². The molecule has 0 fully saturated rings. The Morgan fingerprint density at radius 3 is 2.75 bits per heavy atom. The normalized spacial score (nSPS) is 17.4. The van der Waals surface area contributed by atoms with Gasteiger partial charge in [-0.05, 0) is 37.7 Å². The molecule has 1 aliphatic carbocycles. The van der Waals surface area contributed by atoms with Crippen molar-refractivity contribution in [3.05, 3.63) is 16.0 Å². The summed E-state index contributed by atoms with van der Waals surface area (Å²) in [5.41, 5.74) is 1.67. The van der Waals surface area contributed by atoms with Gasteiger partial charge in [0.2, 0.25) is 5.91 Å². The fourth-order valence-corrected chi connectivity index (χ4v) is 4.07. The third-order valence-corrected chi connectivity index (χ3v) is 4.88. The Kier molecular flexibility index (Phi) is 4.81. The van der Waals surface area contributed by atoms with Crippen LogP contribution in [-0.4, -0.2) is 18.5 Å². The molecule has 1 aliphatic rings. The SMILES string of the molecule is CCOC(=O)c1c(NC(C)=O)sc2c1CC[C@@H](CC)C2. The Labute approximate surface area is 123 Å². The van der Waals surface area contributed by atoms with Gasteiger partial charge in [-0.1, -0.05) is 13.3 Å². The van der Waals surface area contributed by atoms with E-state index in [4.69, 9.17) is 4.74 Å². The first-order valence-corrected chi connectivity index (χ1v) is 7.97. The molecule has 1 aromatic heterocycles. The molecule has 0 spiro atoms. The van der Waals surface area contributed by atoms with Crippen molar-refractivity contribution in [2.75, 3.05) is 11.9 Å². The minimum absolute atomic E-state index is 0.152. The van der Waals surface area contributed by atoms with Crippen LogP contribution in [0.25, 0.3) is 0 Å². The predicted octanol–water partition coefficient (Wildman–Crippen LogP) is 3.40. The number of anilines is 1. The lowest BCUT2D eigenvalue weighted by Crippen LogP contribution is -2.16. The Hall–Kier alpha value is -1.36. The number of rotatable bonds is 4. The summed E-state index contributed by atoms with van der Waals surface area (Å²) >= 11 is 1.53. The third kappa shape index (κ3) is 3.03.